The van der Waals surface area contributed by atoms with Crippen LogP contribution < -0.4 is 0 Å². The molecular formula is C14H9BrClF3. The summed E-state index contributed by atoms with van der Waals surface area (Å²) in [5.74, 6) is -1.49. The third kappa shape index (κ3) is 3.51. The molecule has 0 aromatic heterocycles. The highest BCUT2D eigenvalue weighted by atomic mass is 79.9. The predicted molar refractivity (Wildman–Crippen MR) is 72.8 cm³/mol. The van der Waals surface area contributed by atoms with Gasteiger partial charge < -0.3 is 0 Å². The molecule has 0 aliphatic rings. The van der Waals surface area contributed by atoms with Gasteiger partial charge in [-0.15, -0.1) is 11.6 Å². The second-order valence-corrected chi connectivity index (χ2v) is 5.47. The molecule has 0 saturated heterocycles. The number of alkyl halides is 1. The first-order valence-corrected chi connectivity index (χ1v) is 6.73. The Labute approximate surface area is 122 Å². The summed E-state index contributed by atoms with van der Waals surface area (Å²) in [6.07, 6.45) is 0.291. The largest absolute Gasteiger partial charge is 0.207 e. The van der Waals surface area contributed by atoms with E-state index in [9.17, 15) is 13.2 Å². The second kappa shape index (κ2) is 5.97. The number of hydrogen-bond donors (Lipinski definition) is 0. The van der Waals surface area contributed by atoms with Gasteiger partial charge in [-0.05, 0) is 52.2 Å². The minimum Gasteiger partial charge on any atom is -0.207 e. The van der Waals surface area contributed by atoms with Gasteiger partial charge in [-0.3, -0.25) is 0 Å². The van der Waals surface area contributed by atoms with Gasteiger partial charge in [-0.2, -0.15) is 0 Å². The normalized spacial score (nSPS) is 12.5. The van der Waals surface area contributed by atoms with E-state index >= 15 is 0 Å². The van der Waals surface area contributed by atoms with Crippen LogP contribution in [0.2, 0.25) is 0 Å². The van der Waals surface area contributed by atoms with Gasteiger partial charge in [0, 0.05) is 5.56 Å². The first-order valence-electron chi connectivity index (χ1n) is 5.50. The van der Waals surface area contributed by atoms with E-state index in [1.54, 1.807) is 12.1 Å². The average Bonchev–Trinajstić information content (AvgIpc) is 2.36. The molecule has 5 heteroatoms. The number of hydrogen-bond acceptors (Lipinski definition) is 0. The van der Waals surface area contributed by atoms with Crippen LogP contribution in [0.3, 0.4) is 0 Å². The molecular weight excluding hydrogens is 341 g/mol. The molecule has 0 amide bonds. The molecule has 0 fully saturated rings. The fraction of sp³-hybridized carbons (Fsp3) is 0.143. The Morgan fingerprint density at radius 3 is 2.26 bits per heavy atom. The van der Waals surface area contributed by atoms with Gasteiger partial charge in [0.05, 0.1) is 9.85 Å². The Kier molecular flexibility index (Phi) is 4.53. The van der Waals surface area contributed by atoms with Crippen LogP contribution in [-0.2, 0) is 6.42 Å². The fourth-order valence-corrected chi connectivity index (χ4v) is 2.38. The van der Waals surface area contributed by atoms with Crippen molar-refractivity contribution in [3.63, 3.8) is 0 Å². The molecule has 2 aromatic carbocycles. The van der Waals surface area contributed by atoms with Crippen LogP contribution in [0.15, 0.2) is 40.9 Å². The molecule has 1 atom stereocenters. The van der Waals surface area contributed by atoms with E-state index in [-0.39, 0.29) is 15.9 Å². The first kappa shape index (κ1) is 14.4. The SMILES string of the molecule is Fc1ccc(CC(Cl)c2cc(F)c(Br)cc2F)cc1. The molecule has 1 unspecified atom stereocenters. The van der Waals surface area contributed by atoms with Gasteiger partial charge in [0.25, 0.3) is 0 Å². The molecule has 100 valence electrons. The van der Waals surface area contributed by atoms with Crippen molar-refractivity contribution in [1.29, 1.82) is 0 Å². The maximum atomic E-state index is 13.7. The highest BCUT2D eigenvalue weighted by Gasteiger charge is 2.16. The average molecular weight is 350 g/mol. The van der Waals surface area contributed by atoms with Crippen molar-refractivity contribution < 1.29 is 13.2 Å². The summed E-state index contributed by atoms with van der Waals surface area (Å²) in [6, 6.07) is 7.86. The molecule has 0 nitrogen and oxygen atoms in total. The van der Waals surface area contributed by atoms with Crippen LogP contribution in [0.4, 0.5) is 13.2 Å². The standard InChI is InChI=1S/C14H9BrClF3/c15-11-7-13(18)10(6-14(11)19)12(16)5-8-1-3-9(17)4-2-8/h1-4,6-7,12H,5H2. The number of rotatable bonds is 3. The van der Waals surface area contributed by atoms with Gasteiger partial charge >= 0.3 is 0 Å². The Hall–Kier alpha value is -1.00. The smallest absolute Gasteiger partial charge is 0.137 e. The van der Waals surface area contributed by atoms with Crippen molar-refractivity contribution in [1.82, 2.24) is 0 Å². The van der Waals surface area contributed by atoms with Crippen LogP contribution in [0, 0.1) is 17.5 Å². The zero-order valence-electron chi connectivity index (χ0n) is 9.64. The summed E-state index contributed by atoms with van der Waals surface area (Å²) < 4.78 is 39.9. The van der Waals surface area contributed by atoms with E-state index in [1.165, 1.54) is 12.1 Å². The Morgan fingerprint density at radius 1 is 1.00 bits per heavy atom. The van der Waals surface area contributed by atoms with Crippen molar-refractivity contribution in [2.24, 2.45) is 0 Å². The lowest BCUT2D eigenvalue weighted by molar-refractivity contribution is 0.577. The van der Waals surface area contributed by atoms with Crippen LogP contribution in [-0.4, -0.2) is 0 Å². The van der Waals surface area contributed by atoms with E-state index in [0.29, 0.717) is 6.42 Å². The maximum Gasteiger partial charge on any atom is 0.137 e. The molecule has 0 saturated carbocycles. The van der Waals surface area contributed by atoms with Crippen molar-refractivity contribution in [3.8, 4) is 0 Å². The Morgan fingerprint density at radius 2 is 1.63 bits per heavy atom. The van der Waals surface area contributed by atoms with E-state index in [1.807, 2.05) is 0 Å². The van der Waals surface area contributed by atoms with Crippen molar-refractivity contribution in [2.45, 2.75) is 11.8 Å². The van der Waals surface area contributed by atoms with Gasteiger partial charge in [-0.25, -0.2) is 13.2 Å². The lowest BCUT2D eigenvalue weighted by Gasteiger charge is -2.12. The fourth-order valence-electron chi connectivity index (χ4n) is 1.72. The highest BCUT2D eigenvalue weighted by Crippen LogP contribution is 2.30. The zero-order chi connectivity index (χ0) is 14.0. The third-order valence-electron chi connectivity index (χ3n) is 2.71. The predicted octanol–water partition coefficient (Wildman–Crippen LogP) is 5.39. The topological polar surface area (TPSA) is 0 Å². The van der Waals surface area contributed by atoms with Gasteiger partial charge in [-0.1, -0.05) is 12.1 Å². The molecule has 19 heavy (non-hydrogen) atoms. The lowest BCUT2D eigenvalue weighted by Crippen LogP contribution is -2.00. The van der Waals surface area contributed by atoms with Crippen molar-refractivity contribution in [3.05, 3.63) is 69.4 Å². The van der Waals surface area contributed by atoms with E-state index in [2.05, 4.69) is 15.9 Å². The zero-order valence-corrected chi connectivity index (χ0v) is 12.0. The van der Waals surface area contributed by atoms with Crippen LogP contribution in [0.5, 0.6) is 0 Å². The van der Waals surface area contributed by atoms with Crippen molar-refractivity contribution >= 4 is 27.5 Å². The molecule has 2 rings (SSSR count). The molecule has 0 N–H and O–H groups in total. The Bertz CT molecular complexity index is 584. The molecule has 0 radical (unpaired) electrons. The van der Waals surface area contributed by atoms with E-state index in [0.717, 1.165) is 17.7 Å². The number of benzene rings is 2. The molecule has 0 heterocycles. The van der Waals surface area contributed by atoms with Gasteiger partial charge in [0.2, 0.25) is 0 Å². The highest BCUT2D eigenvalue weighted by molar-refractivity contribution is 9.10. The molecule has 0 spiro atoms. The second-order valence-electron chi connectivity index (χ2n) is 4.09. The van der Waals surface area contributed by atoms with Crippen molar-refractivity contribution in [2.75, 3.05) is 0 Å². The van der Waals surface area contributed by atoms with E-state index < -0.39 is 17.0 Å². The Balaban J connectivity index is 2.22. The van der Waals surface area contributed by atoms with Gasteiger partial charge in [0.15, 0.2) is 0 Å². The molecule has 2 aromatic rings. The summed E-state index contributed by atoms with van der Waals surface area (Å²) >= 11 is 9.00. The van der Waals surface area contributed by atoms with Crippen LogP contribution in [0.25, 0.3) is 0 Å². The van der Waals surface area contributed by atoms with Crippen LogP contribution in [0.1, 0.15) is 16.5 Å². The maximum absolute atomic E-state index is 13.7. The monoisotopic (exact) mass is 348 g/mol. The molecule has 0 aliphatic heterocycles. The summed E-state index contributed by atoms with van der Waals surface area (Å²) in [7, 11) is 0. The molecule has 0 aliphatic carbocycles. The summed E-state index contributed by atoms with van der Waals surface area (Å²) in [5.41, 5.74) is 0.843. The molecule has 0 bridgehead atoms. The van der Waals surface area contributed by atoms with E-state index in [4.69, 9.17) is 11.6 Å². The lowest BCUT2D eigenvalue weighted by atomic mass is 10.0. The summed E-state index contributed by atoms with van der Waals surface area (Å²) in [4.78, 5) is 0. The minimum atomic E-state index is -0.715. The number of halogens is 5. The summed E-state index contributed by atoms with van der Waals surface area (Å²) in [5, 5.41) is -0.715. The minimum absolute atomic E-state index is 0.0550. The van der Waals surface area contributed by atoms with Gasteiger partial charge in [0.1, 0.15) is 17.5 Å². The first-order chi connectivity index (χ1) is 8.97. The third-order valence-corrected chi connectivity index (χ3v) is 3.70. The van der Waals surface area contributed by atoms with Crippen LogP contribution >= 0.6 is 27.5 Å². The summed E-state index contributed by atoms with van der Waals surface area (Å²) in [6.45, 7) is 0. The quantitative estimate of drug-likeness (QED) is 0.515.